The number of hydrogen-bond acceptors (Lipinski definition) is 2. The van der Waals surface area contributed by atoms with Gasteiger partial charge in [0.1, 0.15) is 0 Å². The van der Waals surface area contributed by atoms with Crippen LogP contribution in [0.3, 0.4) is 0 Å². The predicted octanol–water partition coefficient (Wildman–Crippen LogP) is 2.29. The summed E-state index contributed by atoms with van der Waals surface area (Å²) in [6.07, 6.45) is 0.289. The summed E-state index contributed by atoms with van der Waals surface area (Å²) in [5.74, 6) is -2.13. The zero-order valence-corrected chi connectivity index (χ0v) is 9.89. The molecule has 2 N–H and O–H groups in total. The van der Waals surface area contributed by atoms with Gasteiger partial charge in [-0.25, -0.2) is 8.78 Å². The largest absolute Gasteiger partial charge is 0.326 e. The zero-order chi connectivity index (χ0) is 12.8. The zero-order valence-electron chi connectivity index (χ0n) is 9.89. The Bertz CT molecular complexity index is 394. The van der Waals surface area contributed by atoms with Gasteiger partial charge in [-0.05, 0) is 12.1 Å². The molecule has 0 aliphatic heterocycles. The molecule has 1 aromatic rings. The van der Waals surface area contributed by atoms with E-state index in [9.17, 15) is 13.6 Å². The lowest BCUT2D eigenvalue weighted by molar-refractivity contribution is -0.116. The van der Waals surface area contributed by atoms with E-state index in [1.807, 2.05) is 13.8 Å². The van der Waals surface area contributed by atoms with Crippen molar-refractivity contribution in [2.75, 3.05) is 11.9 Å². The number of anilines is 1. The summed E-state index contributed by atoms with van der Waals surface area (Å²) in [5, 5.41) is 5.59. The molecule has 1 amide bonds. The van der Waals surface area contributed by atoms with Gasteiger partial charge in [-0.1, -0.05) is 13.8 Å². The van der Waals surface area contributed by atoms with Crippen molar-refractivity contribution in [2.24, 2.45) is 0 Å². The molecule has 0 unspecified atom stereocenters. The molecule has 5 heteroatoms. The third kappa shape index (κ3) is 4.91. The lowest BCUT2D eigenvalue weighted by atomic mass is 10.3. The molecule has 17 heavy (non-hydrogen) atoms. The highest BCUT2D eigenvalue weighted by Crippen LogP contribution is 2.13. The number of hydrogen-bond donors (Lipinski definition) is 2. The monoisotopic (exact) mass is 242 g/mol. The molecule has 0 aromatic heterocycles. The number of benzene rings is 1. The molecule has 0 aliphatic carbocycles. The van der Waals surface area contributed by atoms with Gasteiger partial charge in [0.05, 0.1) is 0 Å². The minimum absolute atomic E-state index is 0.232. The van der Waals surface area contributed by atoms with Crippen molar-refractivity contribution in [1.82, 2.24) is 5.32 Å². The molecule has 0 heterocycles. The summed E-state index contributed by atoms with van der Waals surface area (Å²) in [5.41, 5.74) is 0.262. The highest BCUT2D eigenvalue weighted by Gasteiger charge is 2.06. The first-order chi connectivity index (χ1) is 7.99. The van der Waals surface area contributed by atoms with E-state index in [1.54, 1.807) is 0 Å². The van der Waals surface area contributed by atoms with E-state index in [2.05, 4.69) is 10.6 Å². The molecule has 3 nitrogen and oxygen atoms in total. The average molecular weight is 242 g/mol. The smallest absolute Gasteiger partial charge is 0.225 e. The fourth-order valence-electron chi connectivity index (χ4n) is 1.27. The van der Waals surface area contributed by atoms with E-state index < -0.39 is 11.6 Å². The summed E-state index contributed by atoms with van der Waals surface area (Å²) in [6, 6.07) is 3.58. The maximum Gasteiger partial charge on any atom is 0.225 e. The SMILES string of the molecule is CC(C)NCCC(=O)Nc1ccc(F)c(F)c1. The Morgan fingerprint density at radius 3 is 2.59 bits per heavy atom. The summed E-state index contributed by atoms with van der Waals surface area (Å²) in [7, 11) is 0. The van der Waals surface area contributed by atoms with E-state index in [1.165, 1.54) is 6.07 Å². The number of nitrogens with one attached hydrogen (secondary N) is 2. The summed E-state index contributed by atoms with van der Waals surface area (Å²) in [6.45, 7) is 4.51. The van der Waals surface area contributed by atoms with Crippen LogP contribution in [0.2, 0.25) is 0 Å². The number of carbonyl (C=O) groups is 1. The van der Waals surface area contributed by atoms with Crippen LogP contribution in [0.5, 0.6) is 0 Å². The van der Waals surface area contributed by atoms with E-state index in [0.717, 1.165) is 12.1 Å². The number of amides is 1. The molecule has 1 aromatic carbocycles. The standard InChI is InChI=1S/C12H16F2N2O/c1-8(2)15-6-5-12(17)16-9-3-4-10(13)11(14)7-9/h3-4,7-8,15H,5-6H2,1-2H3,(H,16,17). The van der Waals surface area contributed by atoms with Crippen molar-refractivity contribution >= 4 is 11.6 Å². The third-order valence-corrected chi connectivity index (χ3v) is 2.11. The van der Waals surface area contributed by atoms with Gasteiger partial charge in [0.25, 0.3) is 0 Å². The van der Waals surface area contributed by atoms with Crippen LogP contribution in [0.4, 0.5) is 14.5 Å². The molecule has 0 aliphatic rings. The van der Waals surface area contributed by atoms with Crippen LogP contribution < -0.4 is 10.6 Å². The molecular weight excluding hydrogens is 226 g/mol. The quantitative estimate of drug-likeness (QED) is 0.831. The lowest BCUT2D eigenvalue weighted by Gasteiger charge is -2.08. The molecule has 0 spiro atoms. The highest BCUT2D eigenvalue weighted by molar-refractivity contribution is 5.90. The van der Waals surface area contributed by atoms with Crippen molar-refractivity contribution in [1.29, 1.82) is 0 Å². The van der Waals surface area contributed by atoms with Crippen LogP contribution in [0.25, 0.3) is 0 Å². The van der Waals surface area contributed by atoms with E-state index >= 15 is 0 Å². The van der Waals surface area contributed by atoms with Crippen molar-refractivity contribution < 1.29 is 13.6 Å². The fraction of sp³-hybridized carbons (Fsp3) is 0.417. The number of carbonyl (C=O) groups excluding carboxylic acids is 1. The number of rotatable bonds is 5. The van der Waals surface area contributed by atoms with Gasteiger partial charge in [-0.3, -0.25) is 4.79 Å². The Kier molecular flexibility index (Phi) is 5.03. The Morgan fingerprint density at radius 1 is 1.29 bits per heavy atom. The molecule has 0 atom stereocenters. The van der Waals surface area contributed by atoms with Crippen molar-refractivity contribution in [3.8, 4) is 0 Å². The minimum Gasteiger partial charge on any atom is -0.326 e. The Hall–Kier alpha value is -1.49. The third-order valence-electron chi connectivity index (χ3n) is 2.11. The maximum absolute atomic E-state index is 12.8. The lowest BCUT2D eigenvalue weighted by Crippen LogP contribution is -2.27. The fourth-order valence-corrected chi connectivity index (χ4v) is 1.27. The first-order valence-electron chi connectivity index (χ1n) is 5.47. The highest BCUT2D eigenvalue weighted by atomic mass is 19.2. The predicted molar refractivity (Wildman–Crippen MR) is 62.7 cm³/mol. The second kappa shape index (κ2) is 6.30. The van der Waals surface area contributed by atoms with Gasteiger partial charge in [0, 0.05) is 30.8 Å². The van der Waals surface area contributed by atoms with Crippen LogP contribution in [-0.2, 0) is 4.79 Å². The second-order valence-electron chi connectivity index (χ2n) is 4.04. The van der Waals surface area contributed by atoms with E-state index in [4.69, 9.17) is 0 Å². The summed E-state index contributed by atoms with van der Waals surface area (Å²) in [4.78, 5) is 11.4. The first kappa shape index (κ1) is 13.6. The summed E-state index contributed by atoms with van der Waals surface area (Å²) < 4.78 is 25.5. The van der Waals surface area contributed by atoms with Crippen LogP contribution in [0.1, 0.15) is 20.3 Å². The average Bonchev–Trinajstić information content (AvgIpc) is 2.23. The molecule has 0 saturated heterocycles. The molecule has 0 fully saturated rings. The van der Waals surface area contributed by atoms with Crippen molar-refractivity contribution in [2.45, 2.75) is 26.3 Å². The van der Waals surface area contributed by atoms with Crippen molar-refractivity contribution in [3.05, 3.63) is 29.8 Å². The topological polar surface area (TPSA) is 41.1 Å². The Labute approximate surface area is 99.2 Å². The molecular formula is C12H16F2N2O. The molecule has 0 bridgehead atoms. The van der Waals surface area contributed by atoms with Crippen LogP contribution >= 0.6 is 0 Å². The van der Waals surface area contributed by atoms with Gasteiger partial charge in [-0.2, -0.15) is 0 Å². The molecule has 0 saturated carbocycles. The number of halogens is 2. The first-order valence-corrected chi connectivity index (χ1v) is 5.47. The van der Waals surface area contributed by atoms with E-state index in [-0.39, 0.29) is 18.0 Å². The Morgan fingerprint density at radius 2 is 2.00 bits per heavy atom. The van der Waals surface area contributed by atoms with Gasteiger partial charge in [-0.15, -0.1) is 0 Å². The maximum atomic E-state index is 12.8. The van der Waals surface area contributed by atoms with Crippen molar-refractivity contribution in [3.63, 3.8) is 0 Å². The van der Waals surface area contributed by atoms with Gasteiger partial charge < -0.3 is 10.6 Å². The van der Waals surface area contributed by atoms with Gasteiger partial charge in [0.15, 0.2) is 11.6 Å². The Balaban J connectivity index is 2.42. The normalized spacial score (nSPS) is 10.6. The second-order valence-corrected chi connectivity index (χ2v) is 4.04. The summed E-state index contributed by atoms with van der Waals surface area (Å²) >= 11 is 0. The van der Waals surface area contributed by atoms with Gasteiger partial charge >= 0.3 is 0 Å². The van der Waals surface area contributed by atoms with Crippen LogP contribution in [0, 0.1) is 11.6 Å². The van der Waals surface area contributed by atoms with E-state index in [0.29, 0.717) is 12.6 Å². The minimum atomic E-state index is -0.969. The van der Waals surface area contributed by atoms with Crippen LogP contribution in [0.15, 0.2) is 18.2 Å². The molecule has 1 rings (SSSR count). The van der Waals surface area contributed by atoms with Crippen LogP contribution in [-0.4, -0.2) is 18.5 Å². The molecule has 0 radical (unpaired) electrons. The van der Waals surface area contributed by atoms with Gasteiger partial charge in [0.2, 0.25) is 5.91 Å². The molecule has 94 valence electrons.